The van der Waals surface area contributed by atoms with Gasteiger partial charge < -0.3 is 20.3 Å². The van der Waals surface area contributed by atoms with Gasteiger partial charge in [-0.25, -0.2) is 4.79 Å². The minimum atomic E-state index is -1.18. The number of aliphatic carboxylic acids is 1. The largest absolute Gasteiger partial charge is 0.480 e. The third-order valence-corrected chi connectivity index (χ3v) is 8.38. The van der Waals surface area contributed by atoms with Gasteiger partial charge in [-0.2, -0.15) is 0 Å². The highest BCUT2D eigenvalue weighted by Crippen LogP contribution is 2.26. The first-order valence-corrected chi connectivity index (χ1v) is 14.6. The summed E-state index contributed by atoms with van der Waals surface area (Å²) in [6.07, 6.45) is 2.10. The number of fused-ring (bicyclic) bond motifs is 1. The van der Waals surface area contributed by atoms with Crippen LogP contribution in [-0.2, 0) is 22.4 Å². The van der Waals surface area contributed by atoms with Crippen LogP contribution in [0.5, 0.6) is 0 Å². The summed E-state index contributed by atoms with van der Waals surface area (Å²) in [7, 11) is 1.60. The Kier molecular flexibility index (Phi) is 8.54. The van der Waals surface area contributed by atoms with Crippen LogP contribution in [0.15, 0.2) is 90.4 Å². The Hall–Kier alpha value is -4.69. The maximum absolute atomic E-state index is 13.8. The first kappa shape index (κ1) is 28.8. The summed E-state index contributed by atoms with van der Waals surface area (Å²) < 4.78 is 0. The van der Waals surface area contributed by atoms with Crippen molar-refractivity contribution in [3.63, 3.8) is 0 Å². The number of hydrogen-bond donors (Lipinski definition) is 3. The average Bonchev–Trinajstić information content (AvgIpc) is 3.65. The van der Waals surface area contributed by atoms with Crippen LogP contribution < -0.4 is 5.32 Å². The van der Waals surface area contributed by atoms with Gasteiger partial charge in [-0.15, -0.1) is 11.3 Å². The predicted octanol–water partition coefficient (Wildman–Crippen LogP) is 6.01. The number of likely N-dealkylation sites (N-methyl/N-ethyl adjacent to an activating group) is 1. The summed E-state index contributed by atoms with van der Waals surface area (Å²) >= 11 is 1.65. The molecule has 0 saturated carbocycles. The first-order valence-electron chi connectivity index (χ1n) is 13.8. The van der Waals surface area contributed by atoms with Crippen molar-refractivity contribution in [2.24, 2.45) is 0 Å². The minimum absolute atomic E-state index is 0.0993. The smallest absolute Gasteiger partial charge is 0.326 e. The Morgan fingerprint density at radius 3 is 2.31 bits per heavy atom. The number of H-pyrrole nitrogens is 1. The summed E-state index contributed by atoms with van der Waals surface area (Å²) in [5.74, 6) is -1.97. The minimum Gasteiger partial charge on any atom is -0.480 e. The number of aromatic amines is 1. The van der Waals surface area contributed by atoms with Crippen LogP contribution in [0, 0.1) is 13.8 Å². The molecule has 0 aliphatic carbocycles. The van der Waals surface area contributed by atoms with Gasteiger partial charge in [0.15, 0.2) is 0 Å². The number of aryl methyl sites for hydroxylation is 2. The maximum atomic E-state index is 13.8. The number of hydrogen-bond acceptors (Lipinski definition) is 4. The second-order valence-electron chi connectivity index (χ2n) is 10.6. The van der Waals surface area contributed by atoms with E-state index >= 15 is 0 Å². The van der Waals surface area contributed by atoms with Crippen molar-refractivity contribution in [3.05, 3.63) is 118 Å². The van der Waals surface area contributed by atoms with Gasteiger partial charge in [0.05, 0.1) is 0 Å². The maximum Gasteiger partial charge on any atom is 0.326 e. The number of benzene rings is 3. The Labute approximate surface area is 248 Å². The number of nitrogens with one attached hydrogen (secondary N) is 2. The molecule has 0 spiro atoms. The molecule has 214 valence electrons. The lowest BCUT2D eigenvalue weighted by molar-refractivity contribution is -0.142. The fraction of sp³-hybridized carbons (Fsp3) is 0.206. The summed E-state index contributed by atoms with van der Waals surface area (Å²) in [4.78, 5) is 45.5. The lowest BCUT2D eigenvalue weighted by Crippen LogP contribution is -2.53. The Morgan fingerprint density at radius 1 is 0.929 bits per heavy atom. The van der Waals surface area contributed by atoms with Gasteiger partial charge in [-0.1, -0.05) is 65.7 Å². The number of carboxylic acids is 1. The number of carbonyl (C=O) groups excluding carboxylic acids is 2. The highest BCUT2D eigenvalue weighted by Gasteiger charge is 2.32. The van der Waals surface area contributed by atoms with E-state index in [1.165, 1.54) is 4.90 Å². The number of carbonyl (C=O) groups is 3. The highest BCUT2D eigenvalue weighted by atomic mass is 32.1. The van der Waals surface area contributed by atoms with Crippen LogP contribution in [0.2, 0.25) is 0 Å². The van der Waals surface area contributed by atoms with Crippen molar-refractivity contribution >= 4 is 40.0 Å². The molecule has 7 nitrogen and oxygen atoms in total. The number of rotatable bonds is 10. The number of para-hydroxylation sites is 1. The normalized spacial score (nSPS) is 12.5. The van der Waals surface area contributed by atoms with Crippen LogP contribution in [-0.4, -0.2) is 51.9 Å². The molecular weight excluding hydrogens is 546 g/mol. The van der Waals surface area contributed by atoms with E-state index in [1.807, 2.05) is 86.0 Å². The molecule has 0 saturated heterocycles. The molecule has 2 atom stereocenters. The summed E-state index contributed by atoms with van der Waals surface area (Å²) in [5, 5.41) is 15.7. The molecule has 0 bridgehead atoms. The first-order chi connectivity index (χ1) is 20.2. The van der Waals surface area contributed by atoms with Crippen LogP contribution in [0.25, 0.3) is 21.3 Å². The zero-order chi connectivity index (χ0) is 29.8. The molecule has 3 aromatic carbocycles. The third-order valence-electron chi connectivity index (χ3n) is 7.46. The summed E-state index contributed by atoms with van der Waals surface area (Å²) in [6.45, 7) is 3.84. The molecule has 0 fully saturated rings. The SMILES string of the molecule is Cc1cc(C)cc(C(=O)N(C)[C@H](Cc2ccc(-c3cccs3)cc2)C(=O)N[C@@H](Cc2c[nH]c3ccccc23)C(=O)O)c1. The van der Waals surface area contributed by atoms with Gasteiger partial charge in [-0.3, -0.25) is 9.59 Å². The van der Waals surface area contributed by atoms with Gasteiger partial charge in [0.25, 0.3) is 5.91 Å². The molecule has 0 radical (unpaired) electrons. The molecule has 5 rings (SSSR count). The van der Waals surface area contributed by atoms with Gasteiger partial charge in [-0.05, 0) is 60.2 Å². The zero-order valence-corrected chi connectivity index (χ0v) is 24.6. The zero-order valence-electron chi connectivity index (χ0n) is 23.8. The van der Waals surface area contributed by atoms with E-state index in [9.17, 15) is 19.5 Å². The quantitative estimate of drug-likeness (QED) is 0.189. The fourth-order valence-electron chi connectivity index (χ4n) is 5.31. The van der Waals surface area contributed by atoms with Crippen LogP contribution in [0.4, 0.5) is 0 Å². The lowest BCUT2D eigenvalue weighted by Gasteiger charge is -2.29. The van der Waals surface area contributed by atoms with E-state index in [2.05, 4.69) is 10.3 Å². The second-order valence-corrected chi connectivity index (χ2v) is 11.6. The van der Waals surface area contributed by atoms with E-state index in [4.69, 9.17) is 0 Å². The molecule has 3 N–H and O–H groups in total. The molecule has 5 aromatic rings. The summed E-state index contributed by atoms with van der Waals surface area (Å²) in [6, 6.07) is 23.0. The number of amides is 2. The van der Waals surface area contributed by atoms with Gasteiger partial charge in [0, 0.05) is 47.4 Å². The molecule has 2 heterocycles. The van der Waals surface area contributed by atoms with E-state index < -0.39 is 24.0 Å². The standard InChI is InChI=1S/C34H33N3O4S/c1-21-15-22(2)17-25(16-21)33(39)37(3)30(18-23-10-12-24(13-11-23)31-9-6-14-42-31)32(38)36-29(34(40)41)19-26-20-35-28-8-5-4-7-27(26)28/h4-17,20,29-30,35H,18-19H2,1-3H3,(H,36,38)(H,40,41)/t29-,30+/m0/s1. The van der Waals surface area contributed by atoms with Gasteiger partial charge in [0.1, 0.15) is 12.1 Å². The fourth-order valence-corrected chi connectivity index (χ4v) is 6.04. The number of thiophene rings is 1. The molecule has 42 heavy (non-hydrogen) atoms. The third kappa shape index (κ3) is 6.44. The number of nitrogens with zero attached hydrogens (tertiary/aromatic N) is 1. The molecular formula is C34H33N3O4S. The second kappa shape index (κ2) is 12.4. The van der Waals surface area contributed by atoms with Crippen molar-refractivity contribution < 1.29 is 19.5 Å². The van der Waals surface area contributed by atoms with Crippen molar-refractivity contribution in [2.75, 3.05) is 7.05 Å². The molecule has 0 unspecified atom stereocenters. The summed E-state index contributed by atoms with van der Waals surface area (Å²) in [5.41, 5.74) is 5.99. The Morgan fingerprint density at radius 2 is 1.64 bits per heavy atom. The number of aromatic nitrogens is 1. The van der Waals surface area contributed by atoms with Crippen LogP contribution >= 0.6 is 11.3 Å². The molecule has 8 heteroatoms. The molecule has 0 aliphatic heterocycles. The van der Waals surface area contributed by atoms with E-state index in [-0.39, 0.29) is 18.7 Å². The van der Waals surface area contributed by atoms with Crippen molar-refractivity contribution in [3.8, 4) is 10.4 Å². The van der Waals surface area contributed by atoms with E-state index in [0.29, 0.717) is 5.56 Å². The predicted molar refractivity (Wildman–Crippen MR) is 167 cm³/mol. The van der Waals surface area contributed by atoms with Crippen molar-refractivity contribution in [1.29, 1.82) is 0 Å². The lowest BCUT2D eigenvalue weighted by atomic mass is 9.99. The Balaban J connectivity index is 1.42. The van der Waals surface area contributed by atoms with Crippen LogP contribution in [0.3, 0.4) is 0 Å². The van der Waals surface area contributed by atoms with Crippen LogP contribution in [0.1, 0.15) is 32.6 Å². The number of carboxylic acid groups (broad SMARTS) is 1. The topological polar surface area (TPSA) is 103 Å². The monoisotopic (exact) mass is 579 g/mol. The van der Waals surface area contributed by atoms with E-state index in [1.54, 1.807) is 36.7 Å². The molecule has 0 aliphatic rings. The van der Waals surface area contributed by atoms with Gasteiger partial charge in [0.2, 0.25) is 5.91 Å². The average molecular weight is 580 g/mol. The molecule has 2 amide bonds. The Bertz CT molecular complexity index is 1700. The van der Waals surface area contributed by atoms with Crippen molar-refractivity contribution in [1.82, 2.24) is 15.2 Å². The van der Waals surface area contributed by atoms with Gasteiger partial charge >= 0.3 is 5.97 Å². The van der Waals surface area contributed by atoms with E-state index in [0.717, 1.165) is 43.6 Å². The molecule has 2 aromatic heterocycles. The van der Waals surface area contributed by atoms with Crippen molar-refractivity contribution in [2.45, 2.75) is 38.8 Å². The highest BCUT2D eigenvalue weighted by molar-refractivity contribution is 7.13.